The molecule has 0 bridgehead atoms. The molecule has 0 atom stereocenters. The van der Waals surface area contributed by atoms with Crippen molar-refractivity contribution >= 4 is 0 Å². The Morgan fingerprint density at radius 2 is 0.889 bits per heavy atom. The summed E-state index contributed by atoms with van der Waals surface area (Å²) in [6.07, 6.45) is 18.3. The van der Waals surface area contributed by atoms with Crippen LogP contribution < -0.4 is 0 Å². The first kappa shape index (κ1) is 28.1. The van der Waals surface area contributed by atoms with Crippen LogP contribution in [0.2, 0.25) is 0 Å². The molecule has 4 rings (SSSR count). The molecule has 0 spiro atoms. The Morgan fingerprint density at radius 1 is 0.528 bits per heavy atom. The monoisotopic (exact) mass is 500 g/mol. The highest BCUT2D eigenvalue weighted by Crippen LogP contribution is 2.34. The Labute approximate surface area is 220 Å². The second kappa shape index (κ2) is 15.5. The van der Waals surface area contributed by atoms with Crippen molar-refractivity contribution in [3.8, 4) is 0 Å². The first-order valence-electron chi connectivity index (χ1n) is 15.2. The Bertz CT molecular complexity index is 695. The predicted octanol–water partition coefficient (Wildman–Crippen LogP) is 7.76. The highest BCUT2D eigenvalue weighted by atomic mass is 16.5. The number of aryl methyl sites for hydroxylation is 1. The van der Waals surface area contributed by atoms with Crippen molar-refractivity contribution in [2.24, 2.45) is 5.92 Å². The van der Waals surface area contributed by atoms with E-state index in [1.807, 2.05) is 0 Å². The van der Waals surface area contributed by atoms with Gasteiger partial charge in [-0.1, -0.05) is 36.8 Å². The molecule has 0 aromatic heterocycles. The second-order valence-electron chi connectivity index (χ2n) is 11.9. The van der Waals surface area contributed by atoms with Gasteiger partial charge in [0.2, 0.25) is 0 Å². The average Bonchev–Trinajstić information content (AvgIpc) is 2.91. The number of hydrogen-bond acceptors (Lipinski definition) is 4. The predicted molar refractivity (Wildman–Crippen MR) is 147 cm³/mol. The zero-order valence-corrected chi connectivity index (χ0v) is 23.1. The molecule has 0 radical (unpaired) electrons. The van der Waals surface area contributed by atoms with Crippen LogP contribution in [0.4, 0.5) is 0 Å². The van der Waals surface area contributed by atoms with E-state index < -0.39 is 0 Å². The van der Waals surface area contributed by atoms with Crippen LogP contribution in [-0.4, -0.2) is 50.8 Å². The molecule has 0 heterocycles. The minimum atomic E-state index is 0.409. The van der Waals surface area contributed by atoms with Crippen LogP contribution in [0.5, 0.6) is 0 Å². The van der Waals surface area contributed by atoms with Crippen molar-refractivity contribution in [2.75, 3.05) is 26.4 Å². The summed E-state index contributed by atoms with van der Waals surface area (Å²) in [5.74, 6) is 1.60. The first-order valence-corrected chi connectivity index (χ1v) is 15.2. The summed E-state index contributed by atoms with van der Waals surface area (Å²) >= 11 is 0. The standard InChI is InChI=1S/C32H52O4/c1-25-5-9-27(10-6-25)28-11-15-30(16-12-28)34-22-4-24-36-32-19-17-31(18-20-32)35-23-3-21-33-29-13-7-26(2)8-14-29/h5-6,9-10,26,28-32H,3-4,7-8,11-24H2,1-2H3. The summed E-state index contributed by atoms with van der Waals surface area (Å²) in [5, 5.41) is 0. The molecule has 3 aliphatic rings. The summed E-state index contributed by atoms with van der Waals surface area (Å²) in [7, 11) is 0. The molecule has 0 saturated heterocycles. The maximum absolute atomic E-state index is 6.19. The van der Waals surface area contributed by atoms with E-state index in [2.05, 4.69) is 38.1 Å². The second-order valence-corrected chi connectivity index (χ2v) is 11.9. The van der Waals surface area contributed by atoms with Crippen molar-refractivity contribution < 1.29 is 18.9 Å². The molecule has 0 aliphatic heterocycles. The Morgan fingerprint density at radius 3 is 1.31 bits per heavy atom. The van der Waals surface area contributed by atoms with Crippen LogP contribution in [0.3, 0.4) is 0 Å². The summed E-state index contributed by atoms with van der Waals surface area (Å²) in [6, 6.07) is 9.11. The Kier molecular flexibility index (Phi) is 12.1. The minimum Gasteiger partial charge on any atom is -0.378 e. The SMILES string of the molecule is Cc1ccc(C2CCC(OCCCOC3CCC(OCCCOC4CCC(C)CC4)CC3)CC2)cc1. The van der Waals surface area contributed by atoms with E-state index in [0.717, 1.165) is 70.9 Å². The number of benzene rings is 1. The molecule has 204 valence electrons. The zero-order chi connectivity index (χ0) is 25.0. The van der Waals surface area contributed by atoms with Gasteiger partial charge in [0, 0.05) is 26.4 Å². The third-order valence-electron chi connectivity index (χ3n) is 8.80. The summed E-state index contributed by atoms with van der Waals surface area (Å²) in [5.41, 5.74) is 2.85. The lowest BCUT2D eigenvalue weighted by Gasteiger charge is -2.30. The minimum absolute atomic E-state index is 0.409. The van der Waals surface area contributed by atoms with Crippen molar-refractivity contribution in [3.05, 3.63) is 35.4 Å². The highest BCUT2D eigenvalue weighted by Gasteiger charge is 2.24. The Balaban J connectivity index is 0.950. The van der Waals surface area contributed by atoms with E-state index in [4.69, 9.17) is 18.9 Å². The quantitative estimate of drug-likeness (QED) is 0.259. The van der Waals surface area contributed by atoms with Crippen LogP contribution in [0.25, 0.3) is 0 Å². The molecule has 36 heavy (non-hydrogen) atoms. The molecule has 3 aliphatic carbocycles. The zero-order valence-electron chi connectivity index (χ0n) is 23.1. The number of ether oxygens (including phenoxy) is 4. The molecule has 4 nitrogen and oxygen atoms in total. The van der Waals surface area contributed by atoms with E-state index in [-0.39, 0.29) is 0 Å². The van der Waals surface area contributed by atoms with Crippen LogP contribution in [0, 0.1) is 12.8 Å². The van der Waals surface area contributed by atoms with Crippen LogP contribution >= 0.6 is 0 Å². The largest absolute Gasteiger partial charge is 0.378 e. The van der Waals surface area contributed by atoms with Gasteiger partial charge in [-0.15, -0.1) is 0 Å². The smallest absolute Gasteiger partial charge is 0.0577 e. The third-order valence-corrected chi connectivity index (χ3v) is 8.80. The van der Waals surface area contributed by atoms with Crippen molar-refractivity contribution in [2.45, 2.75) is 134 Å². The number of rotatable bonds is 13. The fourth-order valence-corrected chi connectivity index (χ4v) is 6.28. The molecule has 0 amide bonds. The Hall–Kier alpha value is -0.940. The third kappa shape index (κ3) is 9.74. The summed E-state index contributed by atoms with van der Waals surface area (Å²) < 4.78 is 24.5. The molecular weight excluding hydrogens is 448 g/mol. The van der Waals surface area contributed by atoms with Gasteiger partial charge in [-0.2, -0.15) is 0 Å². The van der Waals surface area contributed by atoms with Gasteiger partial charge >= 0.3 is 0 Å². The van der Waals surface area contributed by atoms with E-state index >= 15 is 0 Å². The highest BCUT2D eigenvalue weighted by molar-refractivity contribution is 5.24. The molecule has 3 saturated carbocycles. The topological polar surface area (TPSA) is 36.9 Å². The van der Waals surface area contributed by atoms with Gasteiger partial charge in [0.1, 0.15) is 0 Å². The van der Waals surface area contributed by atoms with Gasteiger partial charge in [-0.25, -0.2) is 0 Å². The van der Waals surface area contributed by atoms with Crippen LogP contribution in [0.15, 0.2) is 24.3 Å². The normalized spacial score (nSPS) is 31.4. The first-order chi connectivity index (χ1) is 17.7. The van der Waals surface area contributed by atoms with Gasteiger partial charge in [-0.3, -0.25) is 0 Å². The van der Waals surface area contributed by atoms with E-state index in [1.54, 1.807) is 0 Å². The fraction of sp³-hybridized carbons (Fsp3) is 0.812. The van der Waals surface area contributed by atoms with Crippen molar-refractivity contribution in [1.29, 1.82) is 0 Å². The number of hydrogen-bond donors (Lipinski definition) is 0. The van der Waals surface area contributed by atoms with Crippen LogP contribution in [0.1, 0.15) is 114 Å². The summed E-state index contributed by atoms with van der Waals surface area (Å²) in [4.78, 5) is 0. The van der Waals surface area contributed by atoms with Gasteiger partial charge in [-0.05, 0) is 114 Å². The molecule has 4 heteroatoms. The van der Waals surface area contributed by atoms with Gasteiger partial charge in [0.15, 0.2) is 0 Å². The average molecular weight is 501 g/mol. The van der Waals surface area contributed by atoms with E-state index in [9.17, 15) is 0 Å². The maximum atomic E-state index is 6.19. The molecule has 1 aromatic rings. The van der Waals surface area contributed by atoms with Gasteiger partial charge < -0.3 is 18.9 Å². The fourth-order valence-electron chi connectivity index (χ4n) is 6.28. The van der Waals surface area contributed by atoms with E-state index in [1.165, 1.54) is 62.5 Å². The van der Waals surface area contributed by atoms with E-state index in [0.29, 0.717) is 30.3 Å². The van der Waals surface area contributed by atoms with Crippen LogP contribution in [-0.2, 0) is 18.9 Å². The van der Waals surface area contributed by atoms with Gasteiger partial charge in [0.25, 0.3) is 0 Å². The van der Waals surface area contributed by atoms with Gasteiger partial charge in [0.05, 0.1) is 24.4 Å². The molecule has 0 unspecified atom stereocenters. The molecule has 1 aromatic carbocycles. The van der Waals surface area contributed by atoms with Crippen molar-refractivity contribution in [3.63, 3.8) is 0 Å². The molecule has 3 fully saturated rings. The lowest BCUT2D eigenvalue weighted by Crippen LogP contribution is -2.28. The maximum Gasteiger partial charge on any atom is 0.0577 e. The molecule has 0 N–H and O–H groups in total. The lowest BCUT2D eigenvalue weighted by molar-refractivity contribution is -0.0473. The lowest BCUT2D eigenvalue weighted by atomic mass is 9.82. The van der Waals surface area contributed by atoms with Crippen molar-refractivity contribution in [1.82, 2.24) is 0 Å². The molecular formula is C32H52O4. The summed E-state index contributed by atoms with van der Waals surface area (Å²) in [6.45, 7) is 7.87.